The molecule has 1 N–H and O–H groups in total. The SMILES string of the molecule is CCCCN(CCO)Cc1ncc(-c2cccc(Cl)c2)o1. The van der Waals surface area contributed by atoms with Gasteiger partial charge in [0.1, 0.15) is 0 Å². The summed E-state index contributed by atoms with van der Waals surface area (Å²) in [6.07, 6.45) is 3.95. The van der Waals surface area contributed by atoms with Gasteiger partial charge < -0.3 is 9.52 Å². The molecule has 21 heavy (non-hydrogen) atoms. The molecule has 0 atom stereocenters. The van der Waals surface area contributed by atoms with Gasteiger partial charge in [-0.15, -0.1) is 0 Å². The highest BCUT2D eigenvalue weighted by Crippen LogP contribution is 2.23. The predicted octanol–water partition coefficient (Wildman–Crippen LogP) is 3.59. The predicted molar refractivity (Wildman–Crippen MR) is 84.2 cm³/mol. The summed E-state index contributed by atoms with van der Waals surface area (Å²) in [5, 5.41) is 9.80. The van der Waals surface area contributed by atoms with Crippen molar-refractivity contribution in [3.8, 4) is 11.3 Å². The van der Waals surface area contributed by atoms with Gasteiger partial charge in [0.15, 0.2) is 5.76 Å². The lowest BCUT2D eigenvalue weighted by atomic mass is 10.2. The van der Waals surface area contributed by atoms with Crippen LogP contribution in [0.25, 0.3) is 11.3 Å². The van der Waals surface area contributed by atoms with E-state index in [1.165, 1.54) is 0 Å². The first-order valence-electron chi connectivity index (χ1n) is 7.26. The number of oxazole rings is 1. The first-order valence-corrected chi connectivity index (χ1v) is 7.64. The molecule has 0 radical (unpaired) electrons. The van der Waals surface area contributed by atoms with Crippen molar-refractivity contribution in [2.24, 2.45) is 0 Å². The first-order chi connectivity index (χ1) is 10.2. The number of aromatic nitrogens is 1. The quantitative estimate of drug-likeness (QED) is 0.809. The summed E-state index contributed by atoms with van der Waals surface area (Å²) >= 11 is 5.99. The molecular formula is C16H21ClN2O2. The van der Waals surface area contributed by atoms with E-state index in [2.05, 4.69) is 16.8 Å². The molecule has 5 heteroatoms. The summed E-state index contributed by atoms with van der Waals surface area (Å²) in [7, 11) is 0. The Kier molecular flexibility index (Phi) is 6.23. The standard InChI is InChI=1S/C16H21ClN2O2/c1-2-3-7-19(8-9-20)12-16-18-11-15(21-16)13-5-4-6-14(17)10-13/h4-6,10-11,20H,2-3,7-9,12H2,1H3. The minimum Gasteiger partial charge on any atom is -0.439 e. The Morgan fingerprint density at radius 2 is 2.19 bits per heavy atom. The maximum absolute atomic E-state index is 9.12. The lowest BCUT2D eigenvalue weighted by Crippen LogP contribution is -2.27. The number of nitrogens with zero attached hydrogens (tertiary/aromatic N) is 2. The molecule has 1 aromatic heterocycles. The second-order valence-electron chi connectivity index (χ2n) is 4.98. The fraction of sp³-hybridized carbons (Fsp3) is 0.438. The first kappa shape index (κ1) is 16.0. The van der Waals surface area contributed by atoms with Gasteiger partial charge in [0.05, 0.1) is 19.3 Å². The minimum atomic E-state index is 0.144. The van der Waals surface area contributed by atoms with Gasteiger partial charge >= 0.3 is 0 Å². The molecule has 0 unspecified atom stereocenters. The Morgan fingerprint density at radius 3 is 2.90 bits per heavy atom. The zero-order chi connectivity index (χ0) is 15.1. The number of aliphatic hydroxyl groups is 1. The molecule has 4 nitrogen and oxygen atoms in total. The van der Waals surface area contributed by atoms with E-state index in [-0.39, 0.29) is 6.61 Å². The molecule has 2 rings (SSSR count). The van der Waals surface area contributed by atoms with E-state index in [1.54, 1.807) is 6.20 Å². The third-order valence-electron chi connectivity index (χ3n) is 3.27. The summed E-state index contributed by atoms with van der Waals surface area (Å²) in [6.45, 7) is 4.48. The number of hydrogen-bond donors (Lipinski definition) is 1. The molecule has 1 aromatic carbocycles. The fourth-order valence-electron chi connectivity index (χ4n) is 2.14. The Morgan fingerprint density at radius 1 is 1.33 bits per heavy atom. The van der Waals surface area contributed by atoms with Crippen molar-refractivity contribution >= 4 is 11.6 Å². The summed E-state index contributed by atoms with van der Waals surface area (Å²) < 4.78 is 5.79. The monoisotopic (exact) mass is 308 g/mol. The maximum Gasteiger partial charge on any atom is 0.209 e. The summed E-state index contributed by atoms with van der Waals surface area (Å²) in [5.41, 5.74) is 0.920. The zero-order valence-electron chi connectivity index (χ0n) is 12.3. The van der Waals surface area contributed by atoms with Crippen LogP contribution in [0.4, 0.5) is 0 Å². The van der Waals surface area contributed by atoms with Crippen molar-refractivity contribution < 1.29 is 9.52 Å². The van der Waals surface area contributed by atoms with Crippen LogP contribution in [0.5, 0.6) is 0 Å². The molecule has 2 aromatic rings. The van der Waals surface area contributed by atoms with Gasteiger partial charge in [0, 0.05) is 17.1 Å². The number of aliphatic hydroxyl groups excluding tert-OH is 1. The summed E-state index contributed by atoms with van der Waals surface area (Å²) in [6, 6.07) is 7.52. The summed E-state index contributed by atoms with van der Waals surface area (Å²) in [5.74, 6) is 1.38. The van der Waals surface area contributed by atoms with Crippen LogP contribution in [0.3, 0.4) is 0 Å². The average molecular weight is 309 g/mol. The molecule has 0 spiro atoms. The Hall–Kier alpha value is -1.36. The maximum atomic E-state index is 9.12. The van der Waals surface area contributed by atoms with Gasteiger partial charge in [-0.05, 0) is 25.1 Å². The van der Waals surface area contributed by atoms with Crippen LogP contribution >= 0.6 is 11.6 Å². The van der Waals surface area contributed by atoms with E-state index in [9.17, 15) is 0 Å². The highest BCUT2D eigenvalue weighted by atomic mass is 35.5. The van der Waals surface area contributed by atoms with E-state index in [0.717, 1.165) is 24.9 Å². The third kappa shape index (κ3) is 4.84. The van der Waals surface area contributed by atoms with Crippen molar-refractivity contribution in [3.05, 3.63) is 41.4 Å². The number of benzene rings is 1. The number of rotatable bonds is 8. The molecule has 0 aliphatic carbocycles. The molecule has 0 amide bonds. The van der Waals surface area contributed by atoms with E-state index < -0.39 is 0 Å². The van der Waals surface area contributed by atoms with Crippen LogP contribution in [-0.2, 0) is 6.54 Å². The molecule has 0 bridgehead atoms. The van der Waals surface area contributed by atoms with E-state index >= 15 is 0 Å². The van der Waals surface area contributed by atoms with Crippen LogP contribution in [0.15, 0.2) is 34.9 Å². The molecule has 114 valence electrons. The van der Waals surface area contributed by atoms with Crippen molar-refractivity contribution in [3.63, 3.8) is 0 Å². The zero-order valence-corrected chi connectivity index (χ0v) is 13.0. The second-order valence-corrected chi connectivity index (χ2v) is 5.42. The van der Waals surface area contributed by atoms with Gasteiger partial charge in [0.25, 0.3) is 0 Å². The second kappa shape index (κ2) is 8.17. The van der Waals surface area contributed by atoms with Crippen molar-refractivity contribution in [1.82, 2.24) is 9.88 Å². The van der Waals surface area contributed by atoms with Gasteiger partial charge in [-0.3, -0.25) is 4.90 Å². The molecule has 0 saturated carbocycles. The van der Waals surface area contributed by atoms with Gasteiger partial charge in [-0.2, -0.15) is 0 Å². The highest BCUT2D eigenvalue weighted by Gasteiger charge is 2.11. The third-order valence-corrected chi connectivity index (χ3v) is 3.50. The van der Waals surface area contributed by atoms with E-state index in [0.29, 0.717) is 29.8 Å². The molecular weight excluding hydrogens is 288 g/mol. The normalized spacial score (nSPS) is 11.2. The highest BCUT2D eigenvalue weighted by molar-refractivity contribution is 6.30. The lowest BCUT2D eigenvalue weighted by Gasteiger charge is -2.18. The topological polar surface area (TPSA) is 49.5 Å². The molecule has 0 fully saturated rings. The van der Waals surface area contributed by atoms with E-state index in [1.807, 2.05) is 24.3 Å². The smallest absolute Gasteiger partial charge is 0.209 e. The van der Waals surface area contributed by atoms with Crippen molar-refractivity contribution in [2.45, 2.75) is 26.3 Å². The molecule has 1 heterocycles. The lowest BCUT2D eigenvalue weighted by molar-refractivity contribution is 0.177. The number of unbranched alkanes of at least 4 members (excludes halogenated alkanes) is 1. The fourth-order valence-corrected chi connectivity index (χ4v) is 2.33. The summed E-state index contributed by atoms with van der Waals surface area (Å²) in [4.78, 5) is 6.47. The minimum absolute atomic E-state index is 0.144. The van der Waals surface area contributed by atoms with Gasteiger partial charge in [-0.1, -0.05) is 37.1 Å². The molecule has 0 aliphatic rings. The van der Waals surface area contributed by atoms with E-state index in [4.69, 9.17) is 21.1 Å². The van der Waals surface area contributed by atoms with Crippen LogP contribution in [0.1, 0.15) is 25.7 Å². The number of hydrogen-bond acceptors (Lipinski definition) is 4. The van der Waals surface area contributed by atoms with Crippen LogP contribution in [-0.4, -0.2) is 34.7 Å². The molecule has 0 saturated heterocycles. The Labute approximate surface area is 130 Å². The Bertz CT molecular complexity index is 557. The van der Waals surface area contributed by atoms with Gasteiger partial charge in [0.2, 0.25) is 5.89 Å². The van der Waals surface area contributed by atoms with Gasteiger partial charge in [-0.25, -0.2) is 4.98 Å². The molecule has 0 aliphatic heterocycles. The Balaban J connectivity index is 2.04. The number of halogens is 1. The van der Waals surface area contributed by atoms with Crippen molar-refractivity contribution in [2.75, 3.05) is 19.7 Å². The van der Waals surface area contributed by atoms with Crippen LogP contribution in [0.2, 0.25) is 5.02 Å². The average Bonchev–Trinajstić information content (AvgIpc) is 2.93. The van der Waals surface area contributed by atoms with Crippen molar-refractivity contribution in [1.29, 1.82) is 0 Å². The van der Waals surface area contributed by atoms with Crippen LogP contribution in [0, 0.1) is 0 Å². The van der Waals surface area contributed by atoms with Crippen LogP contribution < -0.4 is 0 Å². The largest absolute Gasteiger partial charge is 0.439 e.